The first kappa shape index (κ1) is 18.0. The lowest BCUT2D eigenvalue weighted by Crippen LogP contribution is -2.16. The zero-order valence-electron chi connectivity index (χ0n) is 13.5. The Balaban J connectivity index is 0. The van der Waals surface area contributed by atoms with Gasteiger partial charge in [0, 0.05) is 1.43 Å². The van der Waals surface area contributed by atoms with Crippen LogP contribution in [0.3, 0.4) is 0 Å². The Morgan fingerprint density at radius 3 is 1.94 bits per heavy atom. The summed E-state index contributed by atoms with van der Waals surface area (Å²) in [7, 11) is 0. The third kappa shape index (κ3) is 12.4. The van der Waals surface area contributed by atoms with Gasteiger partial charge >= 0.3 is 0 Å². The lowest BCUT2D eigenvalue weighted by atomic mass is 9.82. The summed E-state index contributed by atoms with van der Waals surface area (Å²) in [6.45, 7) is 11.9. The molecular weight excluding hydrogens is 218 g/mol. The van der Waals surface area contributed by atoms with Crippen molar-refractivity contribution in [2.45, 2.75) is 91.9 Å². The largest absolute Gasteiger partial charge is 0.317 e. The molecule has 0 aliphatic rings. The second-order valence-electron chi connectivity index (χ2n) is 6.54. The minimum atomic E-state index is 0. The second kappa shape index (κ2) is 12.0. The van der Waals surface area contributed by atoms with Gasteiger partial charge in [0.1, 0.15) is 0 Å². The molecule has 0 rings (SSSR count). The van der Waals surface area contributed by atoms with E-state index in [2.05, 4.69) is 33.0 Å². The van der Waals surface area contributed by atoms with Gasteiger partial charge in [0.2, 0.25) is 0 Å². The Hall–Kier alpha value is -0.0400. The zero-order chi connectivity index (χ0) is 13.7. The van der Waals surface area contributed by atoms with E-state index in [1.54, 1.807) is 0 Å². The van der Waals surface area contributed by atoms with Crippen LogP contribution in [-0.2, 0) is 0 Å². The number of nitrogens with one attached hydrogen (secondary N) is 1. The maximum atomic E-state index is 3.52. The van der Waals surface area contributed by atoms with Crippen LogP contribution in [0.15, 0.2) is 0 Å². The van der Waals surface area contributed by atoms with Crippen molar-refractivity contribution in [3.63, 3.8) is 0 Å². The molecule has 0 heterocycles. The van der Waals surface area contributed by atoms with Crippen LogP contribution < -0.4 is 5.32 Å². The minimum Gasteiger partial charge on any atom is -0.317 e. The molecule has 0 atom stereocenters. The summed E-state index contributed by atoms with van der Waals surface area (Å²) >= 11 is 0. The summed E-state index contributed by atoms with van der Waals surface area (Å²) in [5.41, 5.74) is 0.579. The molecule has 0 amide bonds. The molecule has 1 nitrogen and oxygen atoms in total. The molecule has 0 saturated carbocycles. The molecule has 0 aliphatic carbocycles. The molecule has 0 aliphatic heterocycles. The Kier molecular flexibility index (Phi) is 12.0. The van der Waals surface area contributed by atoms with Gasteiger partial charge in [0.05, 0.1) is 0 Å². The lowest BCUT2D eigenvalue weighted by molar-refractivity contribution is 0.285. The van der Waals surface area contributed by atoms with E-state index < -0.39 is 0 Å². The first-order valence-corrected chi connectivity index (χ1v) is 8.33. The highest BCUT2D eigenvalue weighted by Gasteiger charge is 2.15. The topological polar surface area (TPSA) is 12.0 Å². The van der Waals surface area contributed by atoms with Gasteiger partial charge in [-0.25, -0.2) is 0 Å². The van der Waals surface area contributed by atoms with E-state index in [0.29, 0.717) is 5.41 Å². The Bertz CT molecular complexity index is 169. The molecule has 0 spiro atoms. The number of hydrogen-bond acceptors (Lipinski definition) is 1. The third-order valence-corrected chi connectivity index (χ3v) is 3.87. The Morgan fingerprint density at radius 2 is 1.28 bits per heavy atom. The van der Waals surface area contributed by atoms with Crippen molar-refractivity contribution in [2.75, 3.05) is 13.1 Å². The van der Waals surface area contributed by atoms with Crippen LogP contribution in [-0.4, -0.2) is 13.1 Å². The van der Waals surface area contributed by atoms with Gasteiger partial charge in [0.15, 0.2) is 0 Å². The van der Waals surface area contributed by atoms with Crippen LogP contribution in [0.5, 0.6) is 0 Å². The molecule has 0 aromatic carbocycles. The molecular formula is C17H39N. The summed E-state index contributed by atoms with van der Waals surface area (Å²) in [5, 5.41) is 3.52. The van der Waals surface area contributed by atoms with Crippen molar-refractivity contribution in [1.82, 2.24) is 5.32 Å². The maximum absolute atomic E-state index is 3.52. The average molecular weight is 258 g/mol. The van der Waals surface area contributed by atoms with Crippen LogP contribution in [0, 0.1) is 5.41 Å². The van der Waals surface area contributed by atoms with E-state index in [1.807, 2.05) is 0 Å². The molecule has 18 heavy (non-hydrogen) atoms. The summed E-state index contributed by atoms with van der Waals surface area (Å²) in [4.78, 5) is 0. The van der Waals surface area contributed by atoms with Gasteiger partial charge in [-0.2, -0.15) is 0 Å². The van der Waals surface area contributed by atoms with Crippen LogP contribution in [0.25, 0.3) is 0 Å². The molecule has 0 saturated heterocycles. The lowest BCUT2D eigenvalue weighted by Gasteiger charge is -2.24. The summed E-state index contributed by atoms with van der Waals surface area (Å²) < 4.78 is 0. The van der Waals surface area contributed by atoms with Crippen molar-refractivity contribution in [1.29, 1.82) is 0 Å². The first-order valence-electron chi connectivity index (χ1n) is 8.33. The Morgan fingerprint density at radius 1 is 0.722 bits per heavy atom. The Labute approximate surface area is 118 Å². The van der Waals surface area contributed by atoms with E-state index in [4.69, 9.17) is 0 Å². The average Bonchev–Trinajstić information content (AvgIpc) is 2.34. The number of rotatable bonds is 13. The fourth-order valence-electron chi connectivity index (χ4n) is 2.41. The standard InChI is InChI=1S/C17H37N.H2/c1-5-7-13-17(3,4)14-11-9-10-12-16-18-15-8-6-2;/h18H,5-16H2,1-4H3;1H. The summed E-state index contributed by atoms with van der Waals surface area (Å²) in [6.07, 6.45) is 13.8. The molecule has 112 valence electrons. The zero-order valence-corrected chi connectivity index (χ0v) is 13.5. The summed E-state index contributed by atoms with van der Waals surface area (Å²) in [6, 6.07) is 0. The molecule has 1 heteroatoms. The minimum absolute atomic E-state index is 0. The molecule has 0 bridgehead atoms. The van der Waals surface area contributed by atoms with Crippen LogP contribution >= 0.6 is 0 Å². The normalized spacial score (nSPS) is 12.0. The van der Waals surface area contributed by atoms with Crippen molar-refractivity contribution < 1.29 is 1.43 Å². The monoisotopic (exact) mass is 257 g/mol. The highest BCUT2D eigenvalue weighted by molar-refractivity contribution is 4.68. The quantitative estimate of drug-likeness (QED) is 0.412. The first-order chi connectivity index (χ1) is 8.62. The van der Waals surface area contributed by atoms with Crippen molar-refractivity contribution in [3.8, 4) is 0 Å². The third-order valence-electron chi connectivity index (χ3n) is 3.87. The van der Waals surface area contributed by atoms with Gasteiger partial charge in [-0.1, -0.05) is 66.2 Å². The predicted molar refractivity (Wildman–Crippen MR) is 86.3 cm³/mol. The van der Waals surface area contributed by atoms with Crippen LogP contribution in [0.2, 0.25) is 0 Å². The van der Waals surface area contributed by atoms with Gasteiger partial charge in [-0.15, -0.1) is 0 Å². The van der Waals surface area contributed by atoms with Gasteiger partial charge in [-0.05, 0) is 44.2 Å². The predicted octanol–water partition coefficient (Wildman–Crippen LogP) is 5.79. The molecule has 0 aromatic rings. The number of unbranched alkanes of at least 4 members (excludes halogenated alkanes) is 5. The van der Waals surface area contributed by atoms with Gasteiger partial charge in [-0.3, -0.25) is 0 Å². The highest BCUT2D eigenvalue weighted by atomic mass is 14.8. The van der Waals surface area contributed by atoms with Crippen molar-refractivity contribution in [3.05, 3.63) is 0 Å². The maximum Gasteiger partial charge on any atom is 0 e. The molecule has 0 aromatic heterocycles. The van der Waals surface area contributed by atoms with Crippen molar-refractivity contribution in [2.24, 2.45) is 5.41 Å². The highest BCUT2D eigenvalue weighted by Crippen LogP contribution is 2.29. The van der Waals surface area contributed by atoms with E-state index in [-0.39, 0.29) is 1.43 Å². The SMILES string of the molecule is CCCCNCCCCCCC(C)(C)CCCC.[HH]. The van der Waals surface area contributed by atoms with E-state index in [0.717, 1.165) is 0 Å². The molecule has 0 fully saturated rings. The number of hydrogen-bond donors (Lipinski definition) is 1. The summed E-state index contributed by atoms with van der Waals surface area (Å²) in [5.74, 6) is 0. The van der Waals surface area contributed by atoms with Gasteiger partial charge in [0.25, 0.3) is 0 Å². The fourth-order valence-corrected chi connectivity index (χ4v) is 2.41. The molecule has 0 unspecified atom stereocenters. The van der Waals surface area contributed by atoms with Gasteiger partial charge < -0.3 is 5.32 Å². The van der Waals surface area contributed by atoms with E-state index in [9.17, 15) is 0 Å². The second-order valence-corrected chi connectivity index (χ2v) is 6.54. The molecule has 0 radical (unpaired) electrons. The van der Waals surface area contributed by atoms with Crippen molar-refractivity contribution >= 4 is 0 Å². The van der Waals surface area contributed by atoms with E-state index in [1.165, 1.54) is 77.3 Å². The van der Waals surface area contributed by atoms with Crippen LogP contribution in [0.1, 0.15) is 93.3 Å². The molecule has 1 N–H and O–H groups in total. The van der Waals surface area contributed by atoms with Crippen LogP contribution in [0.4, 0.5) is 0 Å². The smallest absolute Gasteiger partial charge is 0 e. The fraction of sp³-hybridized carbons (Fsp3) is 1.00. The van der Waals surface area contributed by atoms with E-state index >= 15 is 0 Å².